The number of hydrogen-bond donors (Lipinski definition) is 2. The fraction of sp³-hybridized carbons (Fsp3) is 0.375. The van der Waals surface area contributed by atoms with Crippen LogP contribution in [0.25, 0.3) is 0 Å². The molecule has 2 N–H and O–H groups in total. The summed E-state index contributed by atoms with van der Waals surface area (Å²) < 4.78 is 4.24. The Balaban J connectivity index is 0.000000146. The van der Waals surface area contributed by atoms with Crippen LogP contribution in [0.15, 0.2) is 16.9 Å². The number of carboxylic acids is 2. The zero-order chi connectivity index (χ0) is 10.6. The normalized spacial score (nSPS) is 14.0. The maximum atomic E-state index is 9.94. The van der Waals surface area contributed by atoms with Crippen molar-refractivity contribution in [2.45, 2.75) is 12.8 Å². The van der Waals surface area contributed by atoms with E-state index >= 15 is 0 Å². The van der Waals surface area contributed by atoms with E-state index in [1.165, 1.54) is 12.3 Å². The molecule has 0 aromatic carbocycles. The van der Waals surface area contributed by atoms with Crippen molar-refractivity contribution in [3.63, 3.8) is 0 Å². The molecule has 1 fully saturated rings. The van der Waals surface area contributed by atoms with Crippen LogP contribution in [-0.4, -0.2) is 27.3 Å². The van der Waals surface area contributed by atoms with Crippen LogP contribution in [0.5, 0.6) is 0 Å². The summed E-state index contributed by atoms with van der Waals surface area (Å²) in [4.78, 5) is 19.7. The third kappa shape index (κ3) is 3.26. The van der Waals surface area contributed by atoms with Gasteiger partial charge in [0.15, 0.2) is 5.69 Å². The van der Waals surface area contributed by atoms with E-state index in [4.69, 9.17) is 10.2 Å². The molecule has 1 aliphatic carbocycles. The lowest BCUT2D eigenvalue weighted by Crippen LogP contribution is -1.94. The van der Waals surface area contributed by atoms with E-state index in [2.05, 4.69) is 9.68 Å². The van der Waals surface area contributed by atoms with Crippen molar-refractivity contribution in [2.24, 2.45) is 5.92 Å². The van der Waals surface area contributed by atoms with Gasteiger partial charge in [0.1, 0.15) is 6.26 Å². The number of aliphatic carboxylic acids is 1. The molecule has 0 bridgehead atoms. The Morgan fingerprint density at radius 3 is 2.21 bits per heavy atom. The molecule has 2 rings (SSSR count). The summed E-state index contributed by atoms with van der Waals surface area (Å²) in [7, 11) is 0. The minimum absolute atomic E-state index is 0.0185. The molecule has 6 nitrogen and oxygen atoms in total. The van der Waals surface area contributed by atoms with Gasteiger partial charge < -0.3 is 14.7 Å². The van der Waals surface area contributed by atoms with Gasteiger partial charge >= 0.3 is 11.9 Å². The van der Waals surface area contributed by atoms with Gasteiger partial charge in [0, 0.05) is 6.07 Å². The smallest absolute Gasteiger partial charge is 0.358 e. The Kier molecular flexibility index (Phi) is 3.22. The molecule has 1 saturated carbocycles. The number of carbonyl (C=O) groups is 2. The quantitative estimate of drug-likeness (QED) is 0.732. The summed E-state index contributed by atoms with van der Waals surface area (Å²) >= 11 is 0. The lowest BCUT2D eigenvalue weighted by Gasteiger charge is -1.75. The van der Waals surface area contributed by atoms with E-state index in [0.717, 1.165) is 12.8 Å². The predicted octanol–water partition coefficient (Wildman–Crippen LogP) is 0.854. The first-order valence-corrected chi connectivity index (χ1v) is 3.97. The standard InChI is InChI=1S/C4H3NO3.C4H6O2/c6-4(7)3-1-2-8-5-3;5-4(6)3-1-2-3/h1-2H,(H,6,7);3H,1-2H2,(H,5,6). The van der Waals surface area contributed by atoms with Crippen molar-refractivity contribution < 1.29 is 24.3 Å². The van der Waals surface area contributed by atoms with Gasteiger partial charge in [0.25, 0.3) is 0 Å². The maximum Gasteiger partial charge on any atom is 0.358 e. The van der Waals surface area contributed by atoms with E-state index in [9.17, 15) is 9.59 Å². The van der Waals surface area contributed by atoms with Crippen LogP contribution in [0.4, 0.5) is 0 Å². The average Bonchev–Trinajstić information content (AvgIpc) is 2.82. The maximum absolute atomic E-state index is 9.94. The Morgan fingerprint density at radius 2 is 2.07 bits per heavy atom. The number of aromatic carboxylic acids is 1. The first-order chi connectivity index (χ1) is 6.61. The van der Waals surface area contributed by atoms with E-state index in [1.807, 2.05) is 0 Å². The fourth-order valence-electron chi connectivity index (χ4n) is 0.653. The Morgan fingerprint density at radius 1 is 1.43 bits per heavy atom. The molecule has 1 aromatic heterocycles. The van der Waals surface area contributed by atoms with Gasteiger partial charge in [-0.15, -0.1) is 0 Å². The molecule has 1 heterocycles. The van der Waals surface area contributed by atoms with Crippen LogP contribution < -0.4 is 0 Å². The molecule has 0 atom stereocenters. The first kappa shape index (κ1) is 10.2. The minimum atomic E-state index is -1.07. The van der Waals surface area contributed by atoms with Gasteiger partial charge in [-0.1, -0.05) is 5.16 Å². The highest BCUT2D eigenvalue weighted by atomic mass is 16.5. The Hall–Kier alpha value is -1.85. The summed E-state index contributed by atoms with van der Waals surface area (Å²) in [5.41, 5.74) is -0.0648. The molecule has 0 aliphatic heterocycles. The van der Waals surface area contributed by atoms with Crippen LogP contribution in [0, 0.1) is 5.92 Å². The number of aromatic nitrogens is 1. The SMILES string of the molecule is O=C(O)C1CC1.O=C(O)c1ccon1. The van der Waals surface area contributed by atoms with Gasteiger partial charge in [0.2, 0.25) is 0 Å². The van der Waals surface area contributed by atoms with Crippen LogP contribution in [0.1, 0.15) is 23.3 Å². The number of carboxylic acid groups (broad SMARTS) is 2. The molecule has 1 aliphatic rings. The zero-order valence-electron chi connectivity index (χ0n) is 7.21. The second-order valence-electron chi connectivity index (χ2n) is 2.80. The summed E-state index contributed by atoms with van der Waals surface area (Å²) in [6.45, 7) is 0. The van der Waals surface area contributed by atoms with Gasteiger partial charge in [-0.3, -0.25) is 4.79 Å². The third-order valence-electron chi connectivity index (χ3n) is 1.58. The summed E-state index contributed by atoms with van der Waals surface area (Å²) in [5, 5.41) is 19.3. The number of rotatable bonds is 2. The molecule has 1 aromatic rings. The fourth-order valence-corrected chi connectivity index (χ4v) is 0.653. The second-order valence-corrected chi connectivity index (χ2v) is 2.80. The highest BCUT2D eigenvalue weighted by Gasteiger charge is 2.28. The van der Waals surface area contributed by atoms with Crippen LogP contribution >= 0.6 is 0 Å². The Bertz CT molecular complexity index is 314. The molecule has 0 amide bonds. The van der Waals surface area contributed by atoms with Crippen molar-refractivity contribution in [3.05, 3.63) is 18.0 Å². The van der Waals surface area contributed by atoms with Gasteiger partial charge in [0.05, 0.1) is 5.92 Å². The van der Waals surface area contributed by atoms with E-state index in [1.54, 1.807) is 0 Å². The van der Waals surface area contributed by atoms with E-state index < -0.39 is 11.9 Å². The average molecular weight is 199 g/mol. The third-order valence-corrected chi connectivity index (χ3v) is 1.58. The van der Waals surface area contributed by atoms with Crippen molar-refractivity contribution >= 4 is 11.9 Å². The molecule has 0 spiro atoms. The zero-order valence-corrected chi connectivity index (χ0v) is 7.21. The number of nitrogens with zero attached hydrogens (tertiary/aromatic N) is 1. The van der Waals surface area contributed by atoms with Gasteiger partial charge in [-0.2, -0.15) is 0 Å². The molecule has 0 radical (unpaired) electrons. The molecule has 0 unspecified atom stereocenters. The van der Waals surface area contributed by atoms with Crippen LogP contribution in [0.3, 0.4) is 0 Å². The Labute approximate surface area is 79.1 Å². The lowest BCUT2D eigenvalue weighted by molar-refractivity contribution is -0.138. The van der Waals surface area contributed by atoms with Crippen molar-refractivity contribution in [2.75, 3.05) is 0 Å². The van der Waals surface area contributed by atoms with E-state index in [0.29, 0.717) is 0 Å². The van der Waals surface area contributed by atoms with Crippen molar-refractivity contribution in [3.8, 4) is 0 Å². The van der Waals surface area contributed by atoms with Crippen LogP contribution in [0.2, 0.25) is 0 Å². The molecular formula is C8H9NO5. The lowest BCUT2D eigenvalue weighted by atomic mass is 10.5. The second kappa shape index (κ2) is 4.40. The molecular weight excluding hydrogens is 190 g/mol. The largest absolute Gasteiger partial charge is 0.481 e. The summed E-state index contributed by atoms with van der Waals surface area (Å²) in [5.74, 6) is -1.68. The molecule has 0 saturated heterocycles. The predicted molar refractivity (Wildman–Crippen MR) is 43.8 cm³/mol. The number of hydrogen-bond acceptors (Lipinski definition) is 4. The topological polar surface area (TPSA) is 101 Å². The molecule has 6 heteroatoms. The van der Waals surface area contributed by atoms with Gasteiger partial charge in [-0.05, 0) is 12.8 Å². The van der Waals surface area contributed by atoms with Gasteiger partial charge in [-0.25, -0.2) is 4.79 Å². The summed E-state index contributed by atoms with van der Waals surface area (Å²) in [6, 6.07) is 1.28. The van der Waals surface area contributed by atoms with Crippen molar-refractivity contribution in [1.82, 2.24) is 5.16 Å². The van der Waals surface area contributed by atoms with Crippen molar-refractivity contribution in [1.29, 1.82) is 0 Å². The summed E-state index contributed by atoms with van der Waals surface area (Å²) in [6.07, 6.45) is 3.01. The van der Waals surface area contributed by atoms with Crippen LogP contribution in [-0.2, 0) is 4.79 Å². The highest BCUT2D eigenvalue weighted by molar-refractivity contribution is 5.84. The van der Waals surface area contributed by atoms with E-state index in [-0.39, 0.29) is 11.6 Å². The highest BCUT2D eigenvalue weighted by Crippen LogP contribution is 2.28. The monoisotopic (exact) mass is 199 g/mol. The minimum Gasteiger partial charge on any atom is -0.481 e. The molecule has 76 valence electrons. The molecule has 14 heavy (non-hydrogen) atoms. The first-order valence-electron chi connectivity index (χ1n) is 3.97.